The van der Waals surface area contributed by atoms with Gasteiger partial charge in [0.25, 0.3) is 0 Å². The van der Waals surface area contributed by atoms with Gasteiger partial charge in [0.2, 0.25) is 0 Å². The van der Waals surface area contributed by atoms with Crippen LogP contribution in [0.5, 0.6) is 0 Å². The van der Waals surface area contributed by atoms with Gasteiger partial charge >= 0.3 is 0 Å². The molecule has 0 radical (unpaired) electrons. The third kappa shape index (κ3) is 3.58. The number of benzene rings is 8. The molecule has 200 valence electrons. The van der Waals surface area contributed by atoms with Crippen molar-refractivity contribution in [2.45, 2.75) is 0 Å². The number of hydrogen-bond donors (Lipinski definition) is 0. The fourth-order valence-electron chi connectivity index (χ4n) is 5.60. The lowest BCUT2D eigenvalue weighted by Gasteiger charge is -2.19. The molecule has 0 aliphatic heterocycles. The van der Waals surface area contributed by atoms with Crippen LogP contribution in [-0.4, -0.2) is 0 Å². The van der Waals surface area contributed by atoms with Crippen molar-refractivity contribution >= 4 is 54.3 Å². The fourth-order valence-corrected chi connectivity index (χ4v) is 5.60. The molecule has 0 saturated heterocycles. The van der Waals surface area contributed by atoms with Crippen LogP contribution < -0.4 is 0 Å². The van der Waals surface area contributed by atoms with Gasteiger partial charge in [0.05, 0.1) is 28.8 Å². The summed E-state index contributed by atoms with van der Waals surface area (Å²) in [7, 11) is 0. The fraction of sp³-hybridized carbons (Fsp3) is 0. The summed E-state index contributed by atoms with van der Waals surface area (Å²) in [5.74, 6) is 0. The largest absolute Gasteiger partial charge is 0.455 e. The zero-order chi connectivity index (χ0) is 46.6. The van der Waals surface area contributed by atoms with E-state index >= 15 is 0 Å². The van der Waals surface area contributed by atoms with E-state index in [9.17, 15) is 9.60 Å². The van der Waals surface area contributed by atoms with E-state index in [4.69, 9.17) is 23.6 Å². The van der Waals surface area contributed by atoms with E-state index in [-0.39, 0.29) is 22.1 Å². The zero-order valence-electron chi connectivity index (χ0n) is 42.8. The average Bonchev–Trinajstić information content (AvgIpc) is 3.66. The highest BCUT2D eigenvalue weighted by Crippen LogP contribution is 2.48. The number of para-hydroxylation sites is 2. The van der Waals surface area contributed by atoms with Crippen LogP contribution in [0, 0.1) is 0 Å². The smallest absolute Gasteiger partial charge is 0.143 e. The lowest BCUT2D eigenvalue weighted by Crippen LogP contribution is -1.92. The molecule has 0 saturated carbocycles. The van der Waals surface area contributed by atoms with E-state index in [0.29, 0.717) is 5.39 Å². The Morgan fingerprint density at radius 3 is 1.63 bits per heavy atom. The van der Waals surface area contributed by atoms with Crippen molar-refractivity contribution in [3.63, 3.8) is 0 Å². The van der Waals surface area contributed by atoms with E-state index in [0.717, 1.165) is 6.07 Å². The quantitative estimate of drug-likeness (QED) is 0.194. The van der Waals surface area contributed by atoms with Gasteiger partial charge in [0.1, 0.15) is 11.2 Å². The number of furan rings is 1. The Balaban J connectivity index is 1.66. The molecule has 1 heterocycles. The van der Waals surface area contributed by atoms with Crippen molar-refractivity contribution in [2.24, 2.45) is 0 Å². The SMILES string of the molecule is [2H]c1cc(-c2c([2H])c([2H])c([2H])c3c(-c4c5c([2H])c([2H])c([2H])c([2H])c5c(-c5c([2H])c([2H])c([2H])c6c5oc5ccccc56)c5c([2H])c([2H])c([2H])c([2H])c45)c([2H])c([2H])c([2H])c23)c([2H])c([2H])c1[2H]. The maximum atomic E-state index is 9.46. The molecule has 0 fully saturated rings. The second-order valence-corrected chi connectivity index (χ2v) is 9.63. The first-order chi connectivity index (χ1) is 30.1. The van der Waals surface area contributed by atoms with Crippen molar-refractivity contribution in [3.05, 3.63) is 157 Å². The summed E-state index contributed by atoms with van der Waals surface area (Å²) in [5, 5.41) is -2.96. The third-order valence-electron chi connectivity index (χ3n) is 7.39. The normalized spacial score (nSPS) is 18.6. The summed E-state index contributed by atoms with van der Waals surface area (Å²) in [6.45, 7) is 0. The van der Waals surface area contributed by atoms with Crippen LogP contribution in [0.25, 0.3) is 87.6 Å². The molecule has 1 aromatic heterocycles. The Labute approximate surface area is 278 Å². The second-order valence-electron chi connectivity index (χ2n) is 9.63. The van der Waals surface area contributed by atoms with Gasteiger partial charge in [-0.2, -0.15) is 0 Å². The van der Waals surface area contributed by atoms with Gasteiger partial charge < -0.3 is 4.42 Å². The Morgan fingerprint density at radius 1 is 0.372 bits per heavy atom. The Hall–Kier alpha value is -5.66. The summed E-state index contributed by atoms with van der Waals surface area (Å²) in [6, 6.07) is -9.21. The molecule has 0 unspecified atom stereocenters. The van der Waals surface area contributed by atoms with E-state index < -0.39 is 187 Å². The number of rotatable bonds is 3. The van der Waals surface area contributed by atoms with Crippen molar-refractivity contribution in [2.75, 3.05) is 0 Å². The van der Waals surface area contributed by atoms with Crippen LogP contribution >= 0.6 is 0 Å². The maximum absolute atomic E-state index is 9.46. The molecule has 0 N–H and O–H groups in total. The molecule has 9 rings (SSSR count). The van der Waals surface area contributed by atoms with Gasteiger partial charge in [0, 0.05) is 21.9 Å². The van der Waals surface area contributed by atoms with E-state index in [1.54, 1.807) is 24.3 Å². The second kappa shape index (κ2) is 9.44. The van der Waals surface area contributed by atoms with Crippen LogP contribution in [0.15, 0.2) is 162 Å². The minimum absolute atomic E-state index is 0.0161. The highest BCUT2D eigenvalue weighted by atomic mass is 16.3. The minimum atomic E-state index is -0.921. The van der Waals surface area contributed by atoms with Gasteiger partial charge in [-0.05, 0) is 60.6 Å². The van der Waals surface area contributed by atoms with Gasteiger partial charge in [-0.25, -0.2) is 0 Å². The minimum Gasteiger partial charge on any atom is -0.455 e. The van der Waals surface area contributed by atoms with Gasteiger partial charge in [-0.1, -0.05) is 151 Å². The molecule has 8 aromatic carbocycles. The summed E-state index contributed by atoms with van der Waals surface area (Å²) in [5.41, 5.74) is -3.00. The summed E-state index contributed by atoms with van der Waals surface area (Å²) in [6.07, 6.45) is 0. The standard InChI is InChI=1S/C42H26O/c1-2-13-27(14-3-1)28-20-10-22-30-29(28)21-11-23-32(30)40-33-16-4-6-18-35(33)41(36-19-7-5-17-34(36)40)38-25-12-24-37-31-15-8-9-26-39(31)43-42(37)38/h1-26H/i1D,2D,3D,4D,5D,6D,7D,10D,11D,12D,13D,16D,17D,18D,19D,20D,21D,22D,23D,24D,25D. The van der Waals surface area contributed by atoms with Crippen molar-refractivity contribution in [3.8, 4) is 33.4 Å². The topological polar surface area (TPSA) is 13.1 Å². The van der Waals surface area contributed by atoms with E-state index in [1.165, 1.54) is 0 Å². The highest BCUT2D eigenvalue weighted by molar-refractivity contribution is 6.26. The molecule has 1 nitrogen and oxygen atoms in total. The molecule has 0 amide bonds. The Bertz CT molecular complexity index is 3610. The zero-order valence-corrected chi connectivity index (χ0v) is 21.8. The first-order valence-corrected chi connectivity index (χ1v) is 13.1. The average molecular weight is 568 g/mol. The molecular weight excluding hydrogens is 520 g/mol. The van der Waals surface area contributed by atoms with Gasteiger partial charge in [-0.15, -0.1) is 0 Å². The molecule has 0 spiro atoms. The lowest BCUT2D eigenvalue weighted by atomic mass is 9.84. The Morgan fingerprint density at radius 2 is 0.907 bits per heavy atom. The molecule has 0 aliphatic rings. The maximum Gasteiger partial charge on any atom is 0.143 e. The highest BCUT2D eigenvalue weighted by Gasteiger charge is 2.21. The van der Waals surface area contributed by atoms with Crippen molar-refractivity contribution in [1.29, 1.82) is 0 Å². The summed E-state index contributed by atoms with van der Waals surface area (Å²) in [4.78, 5) is 0. The summed E-state index contributed by atoms with van der Waals surface area (Å²) < 4.78 is 195. The van der Waals surface area contributed by atoms with Crippen LogP contribution in [0.4, 0.5) is 0 Å². The number of hydrogen-bond acceptors (Lipinski definition) is 1. The molecule has 1 heteroatoms. The first-order valence-electron chi connectivity index (χ1n) is 23.6. The predicted octanol–water partition coefficient (Wildman–Crippen LogP) is 12.0. The predicted molar refractivity (Wildman–Crippen MR) is 183 cm³/mol. The van der Waals surface area contributed by atoms with E-state index in [1.807, 2.05) is 0 Å². The van der Waals surface area contributed by atoms with E-state index in [2.05, 4.69) is 0 Å². The molecule has 0 bridgehead atoms. The van der Waals surface area contributed by atoms with Crippen LogP contribution in [0.1, 0.15) is 28.8 Å². The van der Waals surface area contributed by atoms with Crippen LogP contribution in [0.3, 0.4) is 0 Å². The monoisotopic (exact) mass is 567 g/mol. The third-order valence-corrected chi connectivity index (χ3v) is 7.39. The van der Waals surface area contributed by atoms with Crippen LogP contribution in [-0.2, 0) is 0 Å². The van der Waals surface area contributed by atoms with Crippen molar-refractivity contribution in [1.82, 2.24) is 0 Å². The molecular formula is C42H26O. The van der Waals surface area contributed by atoms with Crippen LogP contribution in [0.2, 0.25) is 0 Å². The molecule has 0 atom stereocenters. The Kier molecular flexibility index (Phi) is 2.46. The van der Waals surface area contributed by atoms with Crippen molar-refractivity contribution < 1.29 is 33.2 Å². The van der Waals surface area contributed by atoms with Gasteiger partial charge in [0.15, 0.2) is 0 Å². The lowest BCUT2D eigenvalue weighted by molar-refractivity contribution is 0.670. The molecule has 9 aromatic rings. The molecule has 43 heavy (non-hydrogen) atoms. The number of fused-ring (bicyclic) bond motifs is 6. The van der Waals surface area contributed by atoms with Gasteiger partial charge in [-0.3, -0.25) is 0 Å². The molecule has 0 aliphatic carbocycles. The summed E-state index contributed by atoms with van der Waals surface area (Å²) >= 11 is 0. The first kappa shape index (κ1) is 11.2.